The second kappa shape index (κ2) is 9.07. The molecule has 150 valence electrons. The zero-order chi connectivity index (χ0) is 20.1. The molecule has 2 heterocycles. The molecule has 4 rings (SSSR count). The van der Waals surface area contributed by atoms with E-state index in [1.165, 1.54) is 5.56 Å². The fourth-order valence-electron chi connectivity index (χ4n) is 3.00. The van der Waals surface area contributed by atoms with Crippen molar-refractivity contribution >= 4 is 40.8 Å². The number of anilines is 5. The lowest BCUT2D eigenvalue weighted by molar-refractivity contribution is 0.122. The van der Waals surface area contributed by atoms with Crippen molar-refractivity contribution in [3.8, 4) is 0 Å². The summed E-state index contributed by atoms with van der Waals surface area (Å²) >= 11 is 5.98. The van der Waals surface area contributed by atoms with Gasteiger partial charge in [0.1, 0.15) is 0 Å². The summed E-state index contributed by atoms with van der Waals surface area (Å²) in [5, 5.41) is 7.20. The number of benzene rings is 2. The number of hydrogen-bond acceptors (Lipinski definition) is 7. The van der Waals surface area contributed by atoms with Crippen LogP contribution in [-0.2, 0) is 11.2 Å². The van der Waals surface area contributed by atoms with Crippen molar-refractivity contribution < 1.29 is 4.74 Å². The van der Waals surface area contributed by atoms with E-state index < -0.39 is 0 Å². The summed E-state index contributed by atoms with van der Waals surface area (Å²) in [5.74, 6) is 1.58. The topological polar surface area (TPSA) is 75.2 Å². The largest absolute Gasteiger partial charge is 0.378 e. The van der Waals surface area contributed by atoms with Crippen LogP contribution in [0.5, 0.6) is 0 Å². The molecule has 3 aromatic rings. The van der Waals surface area contributed by atoms with E-state index in [2.05, 4.69) is 49.5 Å². The molecule has 0 bridgehead atoms. The summed E-state index contributed by atoms with van der Waals surface area (Å²) in [6, 6.07) is 15.7. The van der Waals surface area contributed by atoms with Gasteiger partial charge < -0.3 is 20.3 Å². The Labute approximate surface area is 175 Å². The van der Waals surface area contributed by atoms with E-state index >= 15 is 0 Å². The zero-order valence-corrected chi connectivity index (χ0v) is 17.0. The molecule has 1 saturated heterocycles. The molecule has 0 atom stereocenters. The maximum absolute atomic E-state index is 5.98. The first kappa shape index (κ1) is 19.4. The molecule has 0 amide bonds. The van der Waals surface area contributed by atoms with Crippen molar-refractivity contribution in [1.29, 1.82) is 0 Å². The average Bonchev–Trinajstić information content (AvgIpc) is 2.76. The van der Waals surface area contributed by atoms with E-state index in [-0.39, 0.29) is 0 Å². The standard InChI is InChI=1S/C21H23ClN6O/c1-2-15-3-7-17(8-4-15)23-19-25-20(24-18-9-5-16(22)6-10-18)27-21(26-19)28-11-13-29-14-12-28/h3-10H,2,11-14H2,1H3,(H2,23,24,25,26,27). The van der Waals surface area contributed by atoms with Gasteiger partial charge in [0, 0.05) is 29.5 Å². The first-order chi connectivity index (χ1) is 14.2. The van der Waals surface area contributed by atoms with E-state index in [1.807, 2.05) is 36.4 Å². The van der Waals surface area contributed by atoms with Gasteiger partial charge in [0.15, 0.2) is 0 Å². The van der Waals surface area contributed by atoms with Crippen LogP contribution in [0.2, 0.25) is 5.02 Å². The van der Waals surface area contributed by atoms with Crippen molar-refractivity contribution in [3.05, 3.63) is 59.1 Å². The van der Waals surface area contributed by atoms with Gasteiger partial charge in [0.05, 0.1) is 13.2 Å². The van der Waals surface area contributed by atoms with Crippen molar-refractivity contribution in [2.75, 3.05) is 41.8 Å². The Balaban J connectivity index is 1.61. The number of hydrogen-bond donors (Lipinski definition) is 2. The minimum absolute atomic E-state index is 0.469. The Morgan fingerprint density at radius 3 is 1.97 bits per heavy atom. The highest BCUT2D eigenvalue weighted by atomic mass is 35.5. The molecule has 8 heteroatoms. The highest BCUT2D eigenvalue weighted by molar-refractivity contribution is 6.30. The van der Waals surface area contributed by atoms with E-state index in [4.69, 9.17) is 16.3 Å². The second-order valence-corrected chi connectivity index (χ2v) is 7.13. The Hall–Kier alpha value is -2.90. The molecule has 2 N–H and O–H groups in total. The van der Waals surface area contributed by atoms with Crippen molar-refractivity contribution in [3.63, 3.8) is 0 Å². The van der Waals surface area contributed by atoms with Gasteiger partial charge in [0.25, 0.3) is 0 Å². The fourth-order valence-corrected chi connectivity index (χ4v) is 3.12. The van der Waals surface area contributed by atoms with Gasteiger partial charge in [-0.2, -0.15) is 15.0 Å². The van der Waals surface area contributed by atoms with Crippen molar-refractivity contribution in [2.45, 2.75) is 13.3 Å². The van der Waals surface area contributed by atoms with Crippen LogP contribution in [0, 0.1) is 0 Å². The summed E-state index contributed by atoms with van der Waals surface area (Å²) in [4.78, 5) is 15.9. The van der Waals surface area contributed by atoms with Crippen LogP contribution >= 0.6 is 11.6 Å². The number of halogens is 1. The second-order valence-electron chi connectivity index (χ2n) is 6.69. The third-order valence-electron chi connectivity index (χ3n) is 4.64. The molecular weight excluding hydrogens is 388 g/mol. The highest BCUT2D eigenvalue weighted by Crippen LogP contribution is 2.22. The number of nitrogens with zero attached hydrogens (tertiary/aromatic N) is 4. The van der Waals surface area contributed by atoms with Gasteiger partial charge in [-0.25, -0.2) is 0 Å². The van der Waals surface area contributed by atoms with E-state index in [0.717, 1.165) is 30.9 Å². The molecule has 0 radical (unpaired) electrons. The van der Waals surface area contributed by atoms with Gasteiger partial charge in [-0.1, -0.05) is 30.7 Å². The smallest absolute Gasteiger partial charge is 0.233 e. The molecule has 0 saturated carbocycles. The third kappa shape index (κ3) is 5.13. The van der Waals surface area contributed by atoms with Crippen LogP contribution in [0.4, 0.5) is 29.2 Å². The highest BCUT2D eigenvalue weighted by Gasteiger charge is 2.17. The quantitative estimate of drug-likeness (QED) is 0.623. The molecule has 1 aromatic heterocycles. The zero-order valence-electron chi connectivity index (χ0n) is 16.2. The van der Waals surface area contributed by atoms with Crippen molar-refractivity contribution in [1.82, 2.24) is 15.0 Å². The number of rotatable bonds is 6. The molecule has 1 aliphatic heterocycles. The maximum Gasteiger partial charge on any atom is 0.233 e. The summed E-state index contributed by atoms with van der Waals surface area (Å²) < 4.78 is 5.45. The molecule has 29 heavy (non-hydrogen) atoms. The lowest BCUT2D eigenvalue weighted by Gasteiger charge is -2.27. The van der Waals surface area contributed by atoms with Crippen LogP contribution < -0.4 is 15.5 Å². The number of morpholine rings is 1. The SMILES string of the molecule is CCc1ccc(Nc2nc(Nc3ccc(Cl)cc3)nc(N3CCOCC3)n2)cc1. The van der Waals surface area contributed by atoms with Crippen LogP contribution in [0.3, 0.4) is 0 Å². The molecule has 1 aliphatic rings. The number of aromatic nitrogens is 3. The predicted molar refractivity (Wildman–Crippen MR) is 117 cm³/mol. The van der Waals surface area contributed by atoms with Crippen LogP contribution in [0.15, 0.2) is 48.5 Å². The minimum Gasteiger partial charge on any atom is -0.378 e. The molecule has 0 spiro atoms. The average molecular weight is 411 g/mol. The Kier molecular flexibility index (Phi) is 6.07. The van der Waals surface area contributed by atoms with Gasteiger partial charge in [0.2, 0.25) is 17.8 Å². The maximum atomic E-state index is 5.98. The molecular formula is C21H23ClN6O. The van der Waals surface area contributed by atoms with Crippen molar-refractivity contribution in [2.24, 2.45) is 0 Å². The van der Waals surface area contributed by atoms with Crippen LogP contribution in [-0.4, -0.2) is 41.3 Å². The molecule has 7 nitrogen and oxygen atoms in total. The Morgan fingerprint density at radius 1 is 0.862 bits per heavy atom. The van der Waals surface area contributed by atoms with Gasteiger partial charge in [-0.3, -0.25) is 0 Å². The van der Waals surface area contributed by atoms with E-state index in [1.54, 1.807) is 0 Å². The number of nitrogens with one attached hydrogen (secondary N) is 2. The molecule has 2 aromatic carbocycles. The summed E-state index contributed by atoms with van der Waals surface area (Å²) in [6.45, 7) is 4.95. The van der Waals surface area contributed by atoms with Gasteiger partial charge in [-0.15, -0.1) is 0 Å². The third-order valence-corrected chi connectivity index (χ3v) is 4.89. The molecule has 0 aliphatic carbocycles. The summed E-state index contributed by atoms with van der Waals surface area (Å²) in [6.07, 6.45) is 1.00. The monoisotopic (exact) mass is 410 g/mol. The summed E-state index contributed by atoms with van der Waals surface area (Å²) in [5.41, 5.74) is 3.07. The van der Waals surface area contributed by atoms with Crippen LogP contribution in [0.25, 0.3) is 0 Å². The molecule has 0 unspecified atom stereocenters. The Morgan fingerprint density at radius 2 is 1.41 bits per heavy atom. The lowest BCUT2D eigenvalue weighted by atomic mass is 10.1. The van der Waals surface area contributed by atoms with E-state index in [9.17, 15) is 0 Å². The Bertz CT molecular complexity index is 942. The predicted octanol–water partition coefficient (Wildman–Crippen LogP) is 4.41. The van der Waals surface area contributed by atoms with Gasteiger partial charge >= 0.3 is 0 Å². The number of ether oxygens (including phenoxy) is 1. The first-order valence-corrected chi connectivity index (χ1v) is 10.0. The summed E-state index contributed by atoms with van der Waals surface area (Å²) in [7, 11) is 0. The fraction of sp³-hybridized carbons (Fsp3) is 0.286. The van der Waals surface area contributed by atoms with Gasteiger partial charge in [-0.05, 0) is 48.4 Å². The van der Waals surface area contributed by atoms with E-state index in [0.29, 0.717) is 36.1 Å². The number of aryl methyl sites for hydroxylation is 1. The first-order valence-electron chi connectivity index (χ1n) is 9.67. The molecule has 1 fully saturated rings. The normalized spacial score (nSPS) is 13.9. The minimum atomic E-state index is 0.469. The lowest BCUT2D eigenvalue weighted by Crippen LogP contribution is -2.37. The van der Waals surface area contributed by atoms with Crippen LogP contribution in [0.1, 0.15) is 12.5 Å².